The quantitative estimate of drug-likeness (QED) is 0.453. The van der Waals surface area contributed by atoms with E-state index in [-0.39, 0.29) is 5.56 Å². The van der Waals surface area contributed by atoms with Gasteiger partial charge in [-0.15, -0.1) is 0 Å². The number of benzene rings is 1. The molecule has 0 bridgehead atoms. The van der Waals surface area contributed by atoms with Crippen molar-refractivity contribution < 1.29 is 9.90 Å². The maximum absolute atomic E-state index is 11.1. The zero-order valence-electron chi connectivity index (χ0n) is 11.7. The van der Waals surface area contributed by atoms with Gasteiger partial charge < -0.3 is 10.4 Å². The minimum Gasteiger partial charge on any atom is -0.478 e. The van der Waals surface area contributed by atoms with Crippen molar-refractivity contribution in [2.75, 3.05) is 0 Å². The number of aromatic carboxylic acids is 1. The average Bonchev–Trinajstić information content (AvgIpc) is 2.48. The lowest BCUT2D eigenvalue weighted by Crippen LogP contribution is -2.40. The highest BCUT2D eigenvalue weighted by molar-refractivity contribution is 7.80. The van der Waals surface area contributed by atoms with Gasteiger partial charge in [-0.3, -0.25) is 5.43 Å². The summed E-state index contributed by atoms with van der Waals surface area (Å²) in [7, 11) is 0. The minimum absolute atomic E-state index is 0.217. The van der Waals surface area contributed by atoms with Crippen LogP contribution in [0.1, 0.15) is 48.0 Å². The number of nitrogens with zero attached hydrogens (tertiary/aromatic N) is 1. The molecule has 0 unspecified atom stereocenters. The van der Waals surface area contributed by atoms with Gasteiger partial charge in [0.05, 0.1) is 11.8 Å². The third-order valence-electron chi connectivity index (χ3n) is 3.50. The molecule has 0 aliphatic heterocycles. The third kappa shape index (κ3) is 4.82. The molecule has 0 heterocycles. The monoisotopic (exact) mass is 305 g/mol. The van der Waals surface area contributed by atoms with Crippen LogP contribution in [0, 0.1) is 0 Å². The summed E-state index contributed by atoms with van der Waals surface area (Å²) in [5.74, 6) is -0.972. The molecule has 0 saturated heterocycles. The average molecular weight is 305 g/mol. The zero-order valence-corrected chi connectivity index (χ0v) is 12.5. The minimum atomic E-state index is -0.972. The van der Waals surface area contributed by atoms with E-state index in [1.807, 2.05) is 0 Å². The van der Waals surface area contributed by atoms with Crippen molar-refractivity contribution in [2.45, 2.75) is 38.1 Å². The summed E-state index contributed by atoms with van der Waals surface area (Å²) in [5, 5.41) is 16.8. The van der Waals surface area contributed by atoms with Crippen LogP contribution in [0.2, 0.25) is 0 Å². The van der Waals surface area contributed by atoms with Crippen molar-refractivity contribution in [1.29, 1.82) is 0 Å². The van der Waals surface area contributed by atoms with Crippen molar-refractivity contribution in [3.05, 3.63) is 35.4 Å². The lowest BCUT2D eigenvalue weighted by atomic mass is 9.96. The molecule has 1 aliphatic rings. The number of carboxylic acids is 1. The van der Waals surface area contributed by atoms with E-state index in [2.05, 4.69) is 15.8 Å². The van der Waals surface area contributed by atoms with Gasteiger partial charge in [0.2, 0.25) is 0 Å². The standard InChI is InChI=1S/C15H19N3O2S/c19-14(20)13-9-5-4-6-11(13)10-16-18-15(21)17-12-7-2-1-3-8-12/h4-6,9-10,12H,1-3,7-8H2,(H,19,20)(H2,17,18,21)/b16-10-. The Morgan fingerprint density at radius 3 is 2.71 bits per heavy atom. The third-order valence-corrected chi connectivity index (χ3v) is 3.71. The van der Waals surface area contributed by atoms with Crippen molar-refractivity contribution >= 4 is 29.5 Å². The van der Waals surface area contributed by atoms with Gasteiger partial charge >= 0.3 is 5.97 Å². The number of nitrogens with one attached hydrogen (secondary N) is 2. The number of carbonyl (C=O) groups is 1. The van der Waals surface area contributed by atoms with Crippen LogP contribution in [0.25, 0.3) is 0 Å². The molecule has 0 radical (unpaired) electrons. The van der Waals surface area contributed by atoms with E-state index in [1.165, 1.54) is 25.5 Å². The topological polar surface area (TPSA) is 73.7 Å². The second-order valence-electron chi connectivity index (χ2n) is 5.07. The predicted molar refractivity (Wildman–Crippen MR) is 86.7 cm³/mol. The van der Waals surface area contributed by atoms with Crippen molar-refractivity contribution in [2.24, 2.45) is 5.10 Å². The molecule has 0 aromatic heterocycles. The first kappa shape index (κ1) is 15.4. The molecule has 6 heteroatoms. The smallest absolute Gasteiger partial charge is 0.336 e. The van der Waals surface area contributed by atoms with Gasteiger partial charge in [0.1, 0.15) is 0 Å². The van der Waals surface area contributed by atoms with Crippen molar-refractivity contribution in [1.82, 2.24) is 10.7 Å². The van der Waals surface area contributed by atoms with Crippen molar-refractivity contribution in [3.8, 4) is 0 Å². The Hall–Kier alpha value is -1.95. The van der Waals surface area contributed by atoms with Crippen LogP contribution in [0.4, 0.5) is 0 Å². The van der Waals surface area contributed by atoms with Crippen LogP contribution in [0.5, 0.6) is 0 Å². The van der Waals surface area contributed by atoms with Gasteiger partial charge in [-0.2, -0.15) is 5.10 Å². The summed E-state index contributed by atoms with van der Waals surface area (Å²) in [6.45, 7) is 0. The molecule has 3 N–H and O–H groups in total. The SMILES string of the molecule is O=C(O)c1ccccc1/C=N\NC(=S)NC1CCCCC1. The molecule has 1 fully saturated rings. The summed E-state index contributed by atoms with van der Waals surface area (Å²) in [5.41, 5.74) is 3.50. The van der Waals surface area contributed by atoms with Crippen LogP contribution in [-0.2, 0) is 0 Å². The number of hydrogen-bond donors (Lipinski definition) is 3. The molecule has 112 valence electrons. The van der Waals surface area contributed by atoms with Gasteiger partial charge in [0, 0.05) is 11.6 Å². The van der Waals surface area contributed by atoms with Gasteiger partial charge in [-0.05, 0) is 31.1 Å². The first-order valence-electron chi connectivity index (χ1n) is 7.08. The Morgan fingerprint density at radius 1 is 1.29 bits per heavy atom. The normalized spacial score (nSPS) is 15.8. The van der Waals surface area contributed by atoms with E-state index in [0.29, 0.717) is 16.7 Å². The summed E-state index contributed by atoms with van der Waals surface area (Å²) in [6.07, 6.45) is 7.49. The number of hydrazone groups is 1. The number of hydrogen-bond acceptors (Lipinski definition) is 3. The molecule has 0 amide bonds. The van der Waals surface area contributed by atoms with Gasteiger partial charge in [0.15, 0.2) is 5.11 Å². The van der Waals surface area contributed by atoms with Crippen molar-refractivity contribution in [3.63, 3.8) is 0 Å². The molecule has 1 aromatic carbocycles. The summed E-state index contributed by atoms with van der Waals surface area (Å²) in [4.78, 5) is 11.1. The highest BCUT2D eigenvalue weighted by Crippen LogP contribution is 2.17. The van der Waals surface area contributed by atoms with Gasteiger partial charge in [0.25, 0.3) is 0 Å². The summed E-state index contributed by atoms with van der Waals surface area (Å²) < 4.78 is 0. The van der Waals surface area contributed by atoms with Crippen LogP contribution < -0.4 is 10.7 Å². The largest absolute Gasteiger partial charge is 0.478 e. The molecular formula is C15H19N3O2S. The Labute approximate surface area is 129 Å². The van der Waals surface area contributed by atoms with E-state index < -0.39 is 5.97 Å². The van der Waals surface area contributed by atoms with Crippen LogP contribution in [0.15, 0.2) is 29.4 Å². The number of carboxylic acid groups (broad SMARTS) is 1. The van der Waals surface area contributed by atoms with Gasteiger partial charge in [-0.1, -0.05) is 37.5 Å². The maximum Gasteiger partial charge on any atom is 0.336 e. The van der Waals surface area contributed by atoms with Crippen LogP contribution >= 0.6 is 12.2 Å². The molecule has 1 aromatic rings. The molecule has 0 spiro atoms. The van der Waals surface area contributed by atoms with E-state index >= 15 is 0 Å². The fourth-order valence-corrected chi connectivity index (χ4v) is 2.65. The van der Waals surface area contributed by atoms with Gasteiger partial charge in [-0.25, -0.2) is 4.79 Å². The van der Waals surface area contributed by atoms with Crippen LogP contribution in [0.3, 0.4) is 0 Å². The predicted octanol–water partition coefficient (Wildman–Crippen LogP) is 2.52. The summed E-state index contributed by atoms with van der Waals surface area (Å²) >= 11 is 5.18. The second-order valence-corrected chi connectivity index (χ2v) is 5.48. The Kier molecular flexibility index (Phi) is 5.68. The maximum atomic E-state index is 11.1. The molecule has 21 heavy (non-hydrogen) atoms. The molecule has 1 saturated carbocycles. The molecule has 2 rings (SSSR count). The fourth-order valence-electron chi connectivity index (χ4n) is 2.43. The number of thiocarbonyl (C=S) groups is 1. The first-order chi connectivity index (χ1) is 10.2. The lowest BCUT2D eigenvalue weighted by molar-refractivity contribution is 0.0697. The van der Waals surface area contributed by atoms with Crippen LogP contribution in [-0.4, -0.2) is 28.4 Å². The van der Waals surface area contributed by atoms with E-state index in [1.54, 1.807) is 24.3 Å². The highest BCUT2D eigenvalue weighted by Gasteiger charge is 2.13. The lowest BCUT2D eigenvalue weighted by Gasteiger charge is -2.23. The molecule has 1 aliphatic carbocycles. The van der Waals surface area contributed by atoms with E-state index in [4.69, 9.17) is 17.3 Å². The summed E-state index contributed by atoms with van der Waals surface area (Å²) in [6, 6.07) is 7.12. The molecule has 5 nitrogen and oxygen atoms in total. The molecule has 0 atom stereocenters. The Morgan fingerprint density at radius 2 is 2.00 bits per heavy atom. The van der Waals surface area contributed by atoms with E-state index in [0.717, 1.165) is 12.8 Å². The Bertz CT molecular complexity index is 539. The Balaban J connectivity index is 1.87. The second kappa shape index (κ2) is 7.73. The zero-order chi connectivity index (χ0) is 15.1. The number of rotatable bonds is 4. The highest BCUT2D eigenvalue weighted by atomic mass is 32.1. The first-order valence-corrected chi connectivity index (χ1v) is 7.49. The fraction of sp³-hybridized carbons (Fsp3) is 0.400. The molecular weight excluding hydrogens is 286 g/mol. The van der Waals surface area contributed by atoms with E-state index in [9.17, 15) is 4.79 Å².